The van der Waals surface area contributed by atoms with Crippen LogP contribution in [-0.4, -0.2) is 36.4 Å². The van der Waals surface area contributed by atoms with Gasteiger partial charge in [-0.2, -0.15) is 0 Å². The van der Waals surface area contributed by atoms with Crippen molar-refractivity contribution < 1.29 is 9.84 Å². The van der Waals surface area contributed by atoms with Crippen LogP contribution in [0.25, 0.3) is 0 Å². The topological polar surface area (TPSA) is 32.7 Å². The Morgan fingerprint density at radius 2 is 1.30 bits per heavy atom. The summed E-state index contributed by atoms with van der Waals surface area (Å²) in [4.78, 5) is 2.66. The van der Waals surface area contributed by atoms with E-state index in [4.69, 9.17) is 5.11 Å². The molecule has 0 aromatic heterocycles. The van der Waals surface area contributed by atoms with Gasteiger partial charge in [0.05, 0.1) is 13.2 Å². The van der Waals surface area contributed by atoms with Crippen molar-refractivity contribution in [2.75, 3.05) is 20.3 Å². The number of hydrogen-bond donors (Lipinski definition) is 1. The van der Waals surface area contributed by atoms with Crippen LogP contribution in [0.1, 0.15) is 50.7 Å². The molecule has 0 bridgehead atoms. The fourth-order valence-corrected chi connectivity index (χ4v) is 3.31. The lowest BCUT2D eigenvalue weighted by Crippen LogP contribution is -2.32. The van der Waals surface area contributed by atoms with Crippen LogP contribution in [0.15, 0.2) is 60.7 Å². The predicted molar refractivity (Wildman–Crippen MR) is 115 cm³/mol. The molecule has 1 saturated carbocycles. The third kappa shape index (κ3) is 9.71. The van der Waals surface area contributed by atoms with Gasteiger partial charge in [0.15, 0.2) is 0 Å². The molecule has 1 fully saturated rings. The molecule has 0 heterocycles. The average molecular weight is 372 g/mol. The minimum Gasteiger partial charge on any atom is -0.394 e. The highest BCUT2D eigenvalue weighted by Gasteiger charge is 2.22. The van der Waals surface area contributed by atoms with Crippen LogP contribution < -0.4 is 0 Å². The Morgan fingerprint density at radius 1 is 0.852 bits per heavy atom. The maximum Gasteiger partial charge on any atom is 0.0693 e. The zero-order valence-corrected chi connectivity index (χ0v) is 17.3. The van der Waals surface area contributed by atoms with Crippen LogP contribution in [0.3, 0.4) is 0 Å². The Balaban J connectivity index is 0.000000454. The number of methoxy groups -OCH3 is 1. The highest BCUT2D eigenvalue weighted by molar-refractivity contribution is 5.17. The van der Waals surface area contributed by atoms with E-state index in [0.717, 1.165) is 19.1 Å². The summed E-state index contributed by atoms with van der Waals surface area (Å²) in [6, 6.07) is 22.5. The minimum atomic E-state index is 0.122. The molecule has 2 aromatic carbocycles. The lowest BCUT2D eigenvalue weighted by atomic mass is 10.1. The van der Waals surface area contributed by atoms with E-state index in [1.165, 1.54) is 36.8 Å². The Kier molecular flexibility index (Phi) is 13.3. The molecule has 1 N–H and O–H groups in total. The largest absolute Gasteiger partial charge is 0.394 e. The summed E-state index contributed by atoms with van der Waals surface area (Å²) in [5, 5.41) is 7.94. The summed E-state index contributed by atoms with van der Waals surface area (Å²) in [6.07, 6.45) is 5.51. The fourth-order valence-electron chi connectivity index (χ4n) is 3.31. The van der Waals surface area contributed by atoms with Gasteiger partial charge in [0.1, 0.15) is 0 Å². The Labute approximate surface area is 166 Å². The average Bonchev–Trinajstić information content (AvgIpc) is 3.27. The maximum absolute atomic E-state index is 7.94. The fraction of sp³-hybridized carbons (Fsp3) is 0.500. The number of ether oxygens (including phenoxy) is 1. The van der Waals surface area contributed by atoms with Crippen molar-refractivity contribution in [3.05, 3.63) is 71.8 Å². The van der Waals surface area contributed by atoms with Gasteiger partial charge in [0.25, 0.3) is 0 Å². The first-order valence-corrected chi connectivity index (χ1v) is 10.2. The van der Waals surface area contributed by atoms with Gasteiger partial charge in [0, 0.05) is 26.2 Å². The minimum absolute atomic E-state index is 0.122. The van der Waals surface area contributed by atoms with E-state index in [-0.39, 0.29) is 6.61 Å². The lowest BCUT2D eigenvalue weighted by Gasteiger charge is -2.29. The molecule has 2 aromatic rings. The molecule has 1 aliphatic carbocycles. The number of nitrogens with zero attached hydrogens (tertiary/aromatic N) is 1. The number of benzene rings is 2. The summed E-state index contributed by atoms with van der Waals surface area (Å²) < 4.78 is 4.44. The molecule has 0 radical (unpaired) electrons. The summed E-state index contributed by atoms with van der Waals surface area (Å²) in [6.45, 7) is 6.71. The van der Waals surface area contributed by atoms with Gasteiger partial charge in [-0.3, -0.25) is 4.90 Å². The van der Waals surface area contributed by atoms with Crippen LogP contribution in [0.5, 0.6) is 0 Å². The molecule has 1 aliphatic rings. The summed E-state index contributed by atoms with van der Waals surface area (Å²) in [5.74, 6) is 0. The van der Waals surface area contributed by atoms with Crippen molar-refractivity contribution in [2.24, 2.45) is 0 Å². The molecule has 0 aliphatic heterocycles. The smallest absolute Gasteiger partial charge is 0.0693 e. The standard InChI is InChI=1S/C19H23N.C3H8O2.C2H6/c1-3-9-17(10-4-1)15-20(19-13-7-8-14-19)16-18-11-5-2-6-12-18;1-5-3-2-4;1-2/h1-6,9-12,19H,7-8,13-16H2;4H,2-3H2,1H3;1-2H3. The Morgan fingerprint density at radius 3 is 1.63 bits per heavy atom. The van der Waals surface area contributed by atoms with E-state index in [2.05, 4.69) is 70.3 Å². The van der Waals surface area contributed by atoms with Gasteiger partial charge in [-0.15, -0.1) is 0 Å². The van der Waals surface area contributed by atoms with Crippen LogP contribution in [0, 0.1) is 0 Å². The second-order valence-electron chi connectivity index (χ2n) is 6.53. The molecule has 0 unspecified atom stereocenters. The molecule has 3 nitrogen and oxygen atoms in total. The first kappa shape index (κ1) is 23.4. The van der Waals surface area contributed by atoms with Gasteiger partial charge in [-0.25, -0.2) is 0 Å². The normalized spacial score (nSPS) is 13.5. The first-order valence-electron chi connectivity index (χ1n) is 10.2. The lowest BCUT2D eigenvalue weighted by molar-refractivity contribution is 0.135. The predicted octanol–water partition coefficient (Wildman–Crippen LogP) is 5.28. The van der Waals surface area contributed by atoms with Crippen molar-refractivity contribution in [1.82, 2.24) is 4.90 Å². The number of aliphatic hydroxyl groups excluding tert-OH is 1. The zero-order chi connectivity index (χ0) is 19.7. The summed E-state index contributed by atoms with van der Waals surface area (Å²) >= 11 is 0. The molecule has 3 rings (SSSR count). The first-order chi connectivity index (χ1) is 13.3. The Hall–Kier alpha value is -1.68. The molecule has 0 atom stereocenters. The molecule has 27 heavy (non-hydrogen) atoms. The second-order valence-corrected chi connectivity index (χ2v) is 6.53. The highest BCUT2D eigenvalue weighted by Crippen LogP contribution is 2.26. The molecule has 150 valence electrons. The monoisotopic (exact) mass is 371 g/mol. The number of hydrogen-bond acceptors (Lipinski definition) is 3. The van der Waals surface area contributed by atoms with Gasteiger partial charge in [-0.05, 0) is 24.0 Å². The van der Waals surface area contributed by atoms with E-state index in [9.17, 15) is 0 Å². The van der Waals surface area contributed by atoms with Gasteiger partial charge in [-0.1, -0.05) is 87.4 Å². The molecular formula is C24H37NO2. The SMILES string of the molecule is CC.COCCO.c1ccc(CN(Cc2ccccc2)C2CCCC2)cc1. The van der Waals surface area contributed by atoms with Crippen molar-refractivity contribution in [2.45, 2.75) is 58.7 Å². The zero-order valence-electron chi connectivity index (χ0n) is 17.3. The van der Waals surface area contributed by atoms with Crippen LogP contribution in [0.4, 0.5) is 0 Å². The maximum atomic E-state index is 7.94. The summed E-state index contributed by atoms with van der Waals surface area (Å²) in [5.41, 5.74) is 2.85. The third-order valence-electron chi connectivity index (χ3n) is 4.59. The van der Waals surface area contributed by atoms with Crippen molar-refractivity contribution in [1.29, 1.82) is 0 Å². The molecule has 0 saturated heterocycles. The molecule has 0 spiro atoms. The van der Waals surface area contributed by atoms with E-state index in [1.54, 1.807) is 7.11 Å². The van der Waals surface area contributed by atoms with E-state index in [1.807, 2.05) is 13.8 Å². The summed E-state index contributed by atoms with van der Waals surface area (Å²) in [7, 11) is 1.55. The van der Waals surface area contributed by atoms with Gasteiger partial charge >= 0.3 is 0 Å². The van der Waals surface area contributed by atoms with Gasteiger partial charge < -0.3 is 9.84 Å². The van der Waals surface area contributed by atoms with Gasteiger partial charge in [0.2, 0.25) is 0 Å². The number of aliphatic hydroxyl groups is 1. The molecule has 3 heteroatoms. The highest BCUT2D eigenvalue weighted by atomic mass is 16.5. The van der Waals surface area contributed by atoms with E-state index >= 15 is 0 Å². The number of rotatable bonds is 7. The van der Waals surface area contributed by atoms with Crippen LogP contribution >= 0.6 is 0 Å². The molecule has 0 amide bonds. The molecular weight excluding hydrogens is 334 g/mol. The van der Waals surface area contributed by atoms with Crippen LogP contribution in [-0.2, 0) is 17.8 Å². The van der Waals surface area contributed by atoms with E-state index in [0.29, 0.717) is 6.61 Å². The Bertz CT molecular complexity index is 510. The second kappa shape index (κ2) is 15.4. The van der Waals surface area contributed by atoms with E-state index < -0.39 is 0 Å². The quantitative estimate of drug-likeness (QED) is 0.718. The third-order valence-corrected chi connectivity index (χ3v) is 4.59. The van der Waals surface area contributed by atoms with Crippen LogP contribution in [0.2, 0.25) is 0 Å². The van der Waals surface area contributed by atoms with Crippen molar-refractivity contribution in [3.63, 3.8) is 0 Å². The van der Waals surface area contributed by atoms with Crippen molar-refractivity contribution in [3.8, 4) is 0 Å². The van der Waals surface area contributed by atoms with Crippen molar-refractivity contribution >= 4 is 0 Å².